The molecule has 3 aromatic rings. The second kappa shape index (κ2) is 2.51. The van der Waals surface area contributed by atoms with Gasteiger partial charge in [0.15, 0.2) is 0 Å². The van der Waals surface area contributed by atoms with Crippen molar-refractivity contribution in [3.63, 3.8) is 0 Å². The van der Waals surface area contributed by atoms with Crippen LogP contribution in [0.2, 0.25) is 0 Å². The summed E-state index contributed by atoms with van der Waals surface area (Å²) in [5.74, 6) is -0.680. The van der Waals surface area contributed by atoms with Crippen LogP contribution in [-0.4, -0.2) is 10.1 Å². The standard InChI is InChI=1S/C12H9NO/c14-8-5-6-12-10(7-8)9-3-1-2-4-11(9)13-12/h1-7,13-14H/i1D,2D,3D,4D,5D,6D,7D. The monoisotopic (exact) mass is 190 g/mol. The molecule has 0 aliphatic rings. The molecule has 0 amide bonds. The fraction of sp³-hybridized carbons (Fsp3) is 0. The Kier molecular flexibility index (Phi) is 0.595. The van der Waals surface area contributed by atoms with Crippen molar-refractivity contribution >= 4 is 21.8 Å². The SMILES string of the molecule is [2H]c1c([2H])c([2H])c2c([nH]c3c([2H])c([2H])c(O)c([2H])c32)c1[2H]. The topological polar surface area (TPSA) is 36.0 Å². The van der Waals surface area contributed by atoms with E-state index >= 15 is 0 Å². The molecule has 0 saturated heterocycles. The van der Waals surface area contributed by atoms with E-state index in [-0.39, 0.29) is 39.9 Å². The zero-order chi connectivity index (χ0) is 15.6. The van der Waals surface area contributed by atoms with Gasteiger partial charge in [-0.1, -0.05) is 18.1 Å². The maximum atomic E-state index is 9.75. The molecule has 0 spiro atoms. The Bertz CT molecular complexity index is 857. The molecule has 14 heavy (non-hydrogen) atoms. The van der Waals surface area contributed by atoms with E-state index in [1.54, 1.807) is 0 Å². The Balaban J connectivity index is 2.73. The van der Waals surface area contributed by atoms with Gasteiger partial charge in [0.05, 0.1) is 9.60 Å². The van der Waals surface area contributed by atoms with Gasteiger partial charge in [-0.2, -0.15) is 0 Å². The third-order valence-corrected chi connectivity index (χ3v) is 1.99. The number of hydrogen-bond donors (Lipinski definition) is 2. The zero-order valence-corrected chi connectivity index (χ0v) is 6.95. The van der Waals surface area contributed by atoms with Gasteiger partial charge in [-0.25, -0.2) is 0 Å². The Morgan fingerprint density at radius 1 is 1.00 bits per heavy atom. The van der Waals surface area contributed by atoms with Crippen LogP contribution >= 0.6 is 0 Å². The number of phenolic OH excluding ortho intramolecular Hbond substituents is 1. The van der Waals surface area contributed by atoms with E-state index < -0.39 is 29.9 Å². The summed E-state index contributed by atoms with van der Waals surface area (Å²) in [6.45, 7) is 0. The maximum absolute atomic E-state index is 9.75. The number of aromatic hydroxyl groups is 1. The number of phenols is 1. The zero-order valence-electron chi connectivity index (χ0n) is 13.9. The third-order valence-electron chi connectivity index (χ3n) is 1.99. The van der Waals surface area contributed by atoms with Crippen LogP contribution in [0.3, 0.4) is 0 Å². The fourth-order valence-electron chi connectivity index (χ4n) is 1.40. The van der Waals surface area contributed by atoms with E-state index in [9.17, 15) is 5.11 Å². The molecule has 0 unspecified atom stereocenters. The quantitative estimate of drug-likeness (QED) is 0.561. The first-order valence-electron chi connectivity index (χ1n) is 7.47. The van der Waals surface area contributed by atoms with Crippen LogP contribution in [0.4, 0.5) is 0 Å². The van der Waals surface area contributed by atoms with Gasteiger partial charge < -0.3 is 10.1 Å². The number of fused-ring (bicyclic) bond motifs is 3. The Morgan fingerprint density at radius 3 is 2.71 bits per heavy atom. The summed E-state index contributed by atoms with van der Waals surface area (Å²) in [7, 11) is 0. The fourth-order valence-corrected chi connectivity index (χ4v) is 1.40. The second-order valence-corrected chi connectivity index (χ2v) is 2.85. The Hall–Kier alpha value is -1.96. The first kappa shape index (κ1) is 3.31. The van der Waals surface area contributed by atoms with Gasteiger partial charge in [0.25, 0.3) is 0 Å². The van der Waals surface area contributed by atoms with Crippen molar-refractivity contribution in [2.75, 3.05) is 0 Å². The van der Waals surface area contributed by atoms with Crippen LogP contribution in [-0.2, 0) is 0 Å². The smallest absolute Gasteiger partial charge is 0.116 e. The van der Waals surface area contributed by atoms with E-state index in [2.05, 4.69) is 4.98 Å². The summed E-state index contributed by atoms with van der Waals surface area (Å²) in [6, 6.07) is -2.83. The van der Waals surface area contributed by atoms with Gasteiger partial charge in [0.1, 0.15) is 5.75 Å². The third kappa shape index (κ3) is 0.909. The van der Waals surface area contributed by atoms with Gasteiger partial charge in [-0.3, -0.25) is 0 Å². The number of nitrogens with one attached hydrogen (secondary N) is 1. The number of para-hydroxylation sites is 1. The average Bonchev–Trinajstić information content (AvgIpc) is 2.87. The molecule has 2 N–H and O–H groups in total. The van der Waals surface area contributed by atoms with Crippen LogP contribution in [0, 0.1) is 0 Å². The molecule has 0 radical (unpaired) electrons. The van der Waals surface area contributed by atoms with Crippen LogP contribution in [0.1, 0.15) is 9.60 Å². The molecule has 2 aromatic carbocycles. The van der Waals surface area contributed by atoms with Crippen molar-refractivity contribution in [2.24, 2.45) is 0 Å². The summed E-state index contributed by atoms with van der Waals surface area (Å²) >= 11 is 0. The summed E-state index contributed by atoms with van der Waals surface area (Å²) in [4.78, 5) is 2.68. The predicted octanol–water partition coefficient (Wildman–Crippen LogP) is 3.03. The largest absolute Gasteiger partial charge is 0.508 e. The van der Waals surface area contributed by atoms with Crippen molar-refractivity contribution in [2.45, 2.75) is 0 Å². The molecule has 0 aliphatic heterocycles. The van der Waals surface area contributed by atoms with Gasteiger partial charge in [-0.05, 0) is 24.2 Å². The van der Waals surface area contributed by atoms with Crippen LogP contribution in [0.5, 0.6) is 5.75 Å². The first-order valence-corrected chi connectivity index (χ1v) is 3.97. The lowest BCUT2D eigenvalue weighted by molar-refractivity contribution is 0.476. The van der Waals surface area contributed by atoms with Crippen molar-refractivity contribution in [1.82, 2.24) is 4.98 Å². The molecular weight excluding hydrogens is 174 g/mol. The second-order valence-electron chi connectivity index (χ2n) is 2.85. The van der Waals surface area contributed by atoms with Crippen LogP contribution < -0.4 is 0 Å². The summed E-state index contributed by atoms with van der Waals surface area (Å²) in [5, 5.41) is 9.82. The Labute approximate surface area is 90.6 Å². The van der Waals surface area contributed by atoms with Gasteiger partial charge in [0, 0.05) is 21.8 Å². The molecule has 0 fully saturated rings. The molecule has 3 rings (SSSR count). The van der Waals surface area contributed by atoms with E-state index in [4.69, 9.17) is 9.60 Å². The Morgan fingerprint density at radius 2 is 1.79 bits per heavy atom. The lowest BCUT2D eigenvalue weighted by atomic mass is 10.1. The summed E-state index contributed by atoms with van der Waals surface area (Å²) < 4.78 is 54.4. The molecule has 0 aliphatic carbocycles. The maximum Gasteiger partial charge on any atom is 0.116 e. The molecular formula is C12H9NO. The van der Waals surface area contributed by atoms with E-state index in [0.717, 1.165) is 0 Å². The molecule has 1 heterocycles. The van der Waals surface area contributed by atoms with E-state index in [0.29, 0.717) is 0 Å². The van der Waals surface area contributed by atoms with Crippen LogP contribution in [0.15, 0.2) is 42.3 Å². The number of H-pyrrole nitrogens is 1. The molecule has 68 valence electrons. The highest BCUT2D eigenvalue weighted by molar-refractivity contribution is 6.07. The molecule has 0 bridgehead atoms. The molecule has 0 atom stereocenters. The van der Waals surface area contributed by atoms with Crippen molar-refractivity contribution in [1.29, 1.82) is 0 Å². The van der Waals surface area contributed by atoms with Crippen molar-refractivity contribution < 1.29 is 14.7 Å². The minimum atomic E-state index is -0.680. The lowest BCUT2D eigenvalue weighted by Crippen LogP contribution is -1.66. The number of hydrogen-bond acceptors (Lipinski definition) is 1. The van der Waals surface area contributed by atoms with Crippen LogP contribution in [0.25, 0.3) is 21.8 Å². The molecule has 2 nitrogen and oxygen atoms in total. The summed E-state index contributed by atoms with van der Waals surface area (Å²) in [5.41, 5.74) is 0.104. The lowest BCUT2D eigenvalue weighted by Gasteiger charge is -1.91. The van der Waals surface area contributed by atoms with Gasteiger partial charge in [0.2, 0.25) is 0 Å². The number of aromatic nitrogens is 1. The van der Waals surface area contributed by atoms with Crippen molar-refractivity contribution in [3.8, 4) is 5.75 Å². The molecule has 1 aromatic heterocycles. The van der Waals surface area contributed by atoms with E-state index in [1.807, 2.05) is 0 Å². The van der Waals surface area contributed by atoms with Gasteiger partial charge in [-0.15, -0.1) is 0 Å². The highest BCUT2D eigenvalue weighted by Crippen LogP contribution is 2.27. The minimum absolute atomic E-state index is 0.0236. The molecule has 2 heteroatoms. The highest BCUT2D eigenvalue weighted by atomic mass is 16.3. The average molecular weight is 190 g/mol. The minimum Gasteiger partial charge on any atom is -0.508 e. The molecule has 0 saturated carbocycles. The number of benzene rings is 2. The normalized spacial score (nSPS) is 18.1. The highest BCUT2D eigenvalue weighted by Gasteiger charge is 2.02. The van der Waals surface area contributed by atoms with E-state index in [1.165, 1.54) is 0 Å². The summed E-state index contributed by atoms with van der Waals surface area (Å²) in [6.07, 6.45) is 0. The number of rotatable bonds is 0. The van der Waals surface area contributed by atoms with Crippen molar-refractivity contribution in [3.05, 3.63) is 42.3 Å². The number of aromatic amines is 1. The van der Waals surface area contributed by atoms with Gasteiger partial charge >= 0.3 is 0 Å². The predicted molar refractivity (Wildman–Crippen MR) is 57.5 cm³/mol. The first-order chi connectivity index (χ1) is 9.77.